The van der Waals surface area contributed by atoms with Crippen molar-refractivity contribution in [3.05, 3.63) is 17.0 Å². The highest BCUT2D eigenvalue weighted by molar-refractivity contribution is 5.84. The molecule has 1 atom stereocenters. The summed E-state index contributed by atoms with van der Waals surface area (Å²) < 4.78 is 38.4. The molecule has 0 unspecified atom stereocenters. The van der Waals surface area contributed by atoms with Crippen LogP contribution in [0, 0.1) is 25.2 Å². The van der Waals surface area contributed by atoms with Gasteiger partial charge in [-0.1, -0.05) is 0 Å². The van der Waals surface area contributed by atoms with Gasteiger partial charge in [-0.3, -0.25) is 9.48 Å². The third-order valence-corrected chi connectivity index (χ3v) is 3.31. The zero-order valence-electron chi connectivity index (χ0n) is 13.2. The predicted molar refractivity (Wildman–Crippen MR) is 74.0 cm³/mol. The Morgan fingerprint density at radius 1 is 1.41 bits per heavy atom. The first kappa shape index (κ1) is 18.0. The van der Waals surface area contributed by atoms with Gasteiger partial charge in [-0.15, -0.1) is 0 Å². The van der Waals surface area contributed by atoms with Crippen LogP contribution in [0.15, 0.2) is 0 Å². The molecule has 0 aliphatic heterocycles. The number of carbonyl (C=O) groups excluding carboxylic acids is 1. The number of carbonyl (C=O) groups is 1. The first-order valence-electron chi connectivity index (χ1n) is 6.72. The van der Waals surface area contributed by atoms with Crippen LogP contribution < -0.4 is 5.32 Å². The molecular weight excluding hydrogens is 297 g/mol. The summed E-state index contributed by atoms with van der Waals surface area (Å²) in [5.41, 5.74) is 0.0802. The number of alkyl halides is 3. The molecule has 1 amide bonds. The van der Waals surface area contributed by atoms with Gasteiger partial charge in [-0.25, -0.2) is 0 Å². The Bertz CT molecular complexity index is 611. The van der Waals surface area contributed by atoms with E-state index in [-0.39, 0.29) is 0 Å². The van der Waals surface area contributed by atoms with Gasteiger partial charge in [-0.2, -0.15) is 23.5 Å². The van der Waals surface area contributed by atoms with Crippen LogP contribution in [0.4, 0.5) is 13.2 Å². The molecule has 0 saturated carbocycles. The Morgan fingerprint density at radius 2 is 1.95 bits per heavy atom. The molecule has 8 heteroatoms. The highest BCUT2D eigenvalue weighted by Gasteiger charge is 2.32. The van der Waals surface area contributed by atoms with Crippen LogP contribution in [0.1, 0.15) is 43.6 Å². The second kappa shape index (κ2) is 5.99. The van der Waals surface area contributed by atoms with Gasteiger partial charge < -0.3 is 5.32 Å². The second-order valence-corrected chi connectivity index (χ2v) is 5.81. The van der Waals surface area contributed by atoms with E-state index in [1.54, 1.807) is 27.7 Å². The summed E-state index contributed by atoms with van der Waals surface area (Å²) in [6.07, 6.45) is -4.38. The van der Waals surface area contributed by atoms with Crippen LogP contribution in [0.3, 0.4) is 0 Å². The van der Waals surface area contributed by atoms with Crippen LogP contribution in [0.5, 0.6) is 0 Å². The van der Waals surface area contributed by atoms with Crippen LogP contribution in [-0.4, -0.2) is 27.4 Å². The Morgan fingerprint density at radius 3 is 2.41 bits per heavy atom. The first-order valence-corrected chi connectivity index (χ1v) is 6.72. The lowest BCUT2D eigenvalue weighted by Gasteiger charge is -2.21. The van der Waals surface area contributed by atoms with Gasteiger partial charge in [-0.05, 0) is 34.6 Å². The standard InChI is InChI=1S/C14H19F3N4O/c1-8(12(22)19-13(4,5)6-18)11-9(2)20-21(10(11)3)7-14(15,16)17/h8H,7H2,1-5H3,(H,19,22)/t8-/m1/s1. The SMILES string of the molecule is Cc1nn(CC(F)(F)F)c(C)c1[C@@H](C)C(=O)NC(C)(C)C#N. The Labute approximate surface area is 127 Å². The highest BCUT2D eigenvalue weighted by atomic mass is 19.4. The molecule has 122 valence electrons. The maximum absolute atomic E-state index is 12.5. The van der Waals surface area contributed by atoms with Crippen molar-refractivity contribution in [2.24, 2.45) is 0 Å². The minimum atomic E-state index is -4.38. The summed E-state index contributed by atoms with van der Waals surface area (Å²) in [6.45, 7) is 6.54. The molecule has 1 heterocycles. The molecule has 0 spiro atoms. The summed E-state index contributed by atoms with van der Waals surface area (Å²) in [6, 6.07) is 1.94. The summed E-state index contributed by atoms with van der Waals surface area (Å²) in [4.78, 5) is 12.2. The number of hydrogen-bond donors (Lipinski definition) is 1. The van der Waals surface area contributed by atoms with E-state index in [0.29, 0.717) is 17.0 Å². The zero-order chi connectivity index (χ0) is 17.3. The number of nitriles is 1. The molecule has 1 aromatic rings. The number of amides is 1. The van der Waals surface area contributed by atoms with E-state index in [9.17, 15) is 18.0 Å². The minimum absolute atomic E-state index is 0.298. The van der Waals surface area contributed by atoms with Crippen molar-refractivity contribution < 1.29 is 18.0 Å². The van der Waals surface area contributed by atoms with Crippen LogP contribution in [0.25, 0.3) is 0 Å². The van der Waals surface area contributed by atoms with Gasteiger partial charge in [0.25, 0.3) is 0 Å². The molecule has 5 nitrogen and oxygen atoms in total. The molecule has 0 aliphatic rings. The smallest absolute Gasteiger partial charge is 0.338 e. The molecule has 0 radical (unpaired) electrons. The number of nitrogens with zero attached hydrogens (tertiary/aromatic N) is 3. The average molecular weight is 316 g/mol. The number of aromatic nitrogens is 2. The molecule has 0 aliphatic carbocycles. The molecule has 1 N–H and O–H groups in total. The van der Waals surface area contributed by atoms with E-state index in [0.717, 1.165) is 4.68 Å². The third-order valence-electron chi connectivity index (χ3n) is 3.31. The van der Waals surface area contributed by atoms with Crippen molar-refractivity contribution in [2.75, 3.05) is 0 Å². The van der Waals surface area contributed by atoms with E-state index < -0.39 is 30.1 Å². The van der Waals surface area contributed by atoms with E-state index >= 15 is 0 Å². The van der Waals surface area contributed by atoms with Crippen molar-refractivity contribution in [3.8, 4) is 6.07 Å². The molecule has 1 aromatic heterocycles. The number of nitrogens with one attached hydrogen (secondary N) is 1. The quantitative estimate of drug-likeness (QED) is 0.928. The molecule has 0 fully saturated rings. The van der Waals surface area contributed by atoms with E-state index in [1.165, 1.54) is 6.92 Å². The van der Waals surface area contributed by atoms with Gasteiger partial charge in [0.1, 0.15) is 12.1 Å². The topological polar surface area (TPSA) is 70.7 Å². The van der Waals surface area contributed by atoms with Crippen molar-refractivity contribution in [1.82, 2.24) is 15.1 Å². The van der Waals surface area contributed by atoms with Gasteiger partial charge in [0.2, 0.25) is 5.91 Å². The first-order chi connectivity index (χ1) is 9.88. The number of aryl methyl sites for hydroxylation is 1. The summed E-state index contributed by atoms with van der Waals surface area (Å²) >= 11 is 0. The second-order valence-electron chi connectivity index (χ2n) is 5.81. The lowest BCUT2D eigenvalue weighted by Crippen LogP contribution is -2.44. The minimum Gasteiger partial charge on any atom is -0.338 e. The number of hydrogen-bond acceptors (Lipinski definition) is 3. The fourth-order valence-electron chi connectivity index (χ4n) is 2.24. The third kappa shape index (κ3) is 4.23. The van der Waals surface area contributed by atoms with Crippen molar-refractivity contribution in [2.45, 2.75) is 58.8 Å². The lowest BCUT2D eigenvalue weighted by atomic mass is 9.96. The Balaban J connectivity index is 3.07. The van der Waals surface area contributed by atoms with Gasteiger partial charge in [0.15, 0.2) is 0 Å². The van der Waals surface area contributed by atoms with Crippen LogP contribution >= 0.6 is 0 Å². The average Bonchev–Trinajstić information content (AvgIpc) is 2.61. The zero-order valence-corrected chi connectivity index (χ0v) is 13.2. The van der Waals surface area contributed by atoms with Crippen LogP contribution in [0.2, 0.25) is 0 Å². The Kier molecular flexibility index (Phi) is 4.90. The molecule has 1 rings (SSSR count). The normalized spacial score (nSPS) is 13.6. The number of rotatable bonds is 4. The number of halogens is 3. The molecule has 22 heavy (non-hydrogen) atoms. The largest absolute Gasteiger partial charge is 0.408 e. The molecule has 0 bridgehead atoms. The van der Waals surface area contributed by atoms with Crippen molar-refractivity contribution in [1.29, 1.82) is 5.26 Å². The fraction of sp³-hybridized carbons (Fsp3) is 0.643. The van der Waals surface area contributed by atoms with Crippen molar-refractivity contribution in [3.63, 3.8) is 0 Å². The maximum atomic E-state index is 12.5. The van der Waals surface area contributed by atoms with E-state index in [2.05, 4.69) is 10.4 Å². The lowest BCUT2D eigenvalue weighted by molar-refractivity contribution is -0.143. The Hall–Kier alpha value is -2.04. The fourth-order valence-corrected chi connectivity index (χ4v) is 2.24. The predicted octanol–water partition coefficient (Wildman–Crippen LogP) is 2.58. The highest BCUT2D eigenvalue weighted by Crippen LogP contribution is 2.26. The molecule has 0 saturated heterocycles. The maximum Gasteiger partial charge on any atom is 0.408 e. The van der Waals surface area contributed by atoms with Crippen molar-refractivity contribution >= 4 is 5.91 Å². The monoisotopic (exact) mass is 316 g/mol. The van der Waals surface area contributed by atoms with Crippen LogP contribution in [-0.2, 0) is 11.3 Å². The van der Waals surface area contributed by atoms with E-state index in [1.807, 2.05) is 6.07 Å². The van der Waals surface area contributed by atoms with Gasteiger partial charge >= 0.3 is 6.18 Å². The summed E-state index contributed by atoms with van der Waals surface area (Å²) in [7, 11) is 0. The van der Waals surface area contributed by atoms with Gasteiger partial charge in [0, 0.05) is 11.3 Å². The summed E-state index contributed by atoms with van der Waals surface area (Å²) in [5, 5.41) is 15.4. The van der Waals surface area contributed by atoms with Gasteiger partial charge in [0.05, 0.1) is 17.7 Å². The summed E-state index contributed by atoms with van der Waals surface area (Å²) in [5.74, 6) is -1.13. The van der Waals surface area contributed by atoms with E-state index in [4.69, 9.17) is 5.26 Å². The molecule has 0 aromatic carbocycles. The molecular formula is C14H19F3N4O.